The van der Waals surface area contributed by atoms with Gasteiger partial charge in [0, 0.05) is 19.5 Å². The van der Waals surface area contributed by atoms with Gasteiger partial charge in [0.2, 0.25) is 17.8 Å². The van der Waals surface area contributed by atoms with Crippen molar-refractivity contribution >= 4 is 29.3 Å². The summed E-state index contributed by atoms with van der Waals surface area (Å²) in [6, 6.07) is 17.5. The van der Waals surface area contributed by atoms with E-state index >= 15 is 0 Å². The van der Waals surface area contributed by atoms with Gasteiger partial charge in [-0.3, -0.25) is 19.4 Å². The number of benzene rings is 2. The molecule has 1 atom stereocenters. The molecule has 2 aromatic carbocycles. The highest BCUT2D eigenvalue weighted by atomic mass is 16.5. The second-order valence-corrected chi connectivity index (χ2v) is 9.50. The van der Waals surface area contributed by atoms with E-state index in [1.54, 1.807) is 18.2 Å². The van der Waals surface area contributed by atoms with E-state index in [0.29, 0.717) is 29.9 Å². The molecule has 3 aromatic rings. The van der Waals surface area contributed by atoms with Gasteiger partial charge in [0.05, 0.1) is 23.8 Å². The largest absolute Gasteiger partial charge is 0.492 e. The summed E-state index contributed by atoms with van der Waals surface area (Å²) in [4.78, 5) is 48.4. The number of hydrogen-bond acceptors (Lipinski definition) is 6. The highest BCUT2D eigenvalue weighted by molar-refractivity contribution is 6.05. The number of para-hydroxylation sites is 2. The van der Waals surface area contributed by atoms with Crippen molar-refractivity contribution in [2.24, 2.45) is 5.92 Å². The number of ether oxygens (including phenoxy) is 1. The third-order valence-corrected chi connectivity index (χ3v) is 6.98. The van der Waals surface area contributed by atoms with E-state index in [0.717, 1.165) is 32.4 Å². The van der Waals surface area contributed by atoms with E-state index in [2.05, 4.69) is 44.9 Å². The number of amides is 2. The molecule has 9 heteroatoms. The summed E-state index contributed by atoms with van der Waals surface area (Å²) in [5.74, 6) is -0.0985. The van der Waals surface area contributed by atoms with Gasteiger partial charge in [-0.25, -0.2) is 0 Å². The van der Waals surface area contributed by atoms with Crippen LogP contribution in [0.2, 0.25) is 0 Å². The predicted octanol–water partition coefficient (Wildman–Crippen LogP) is 3.69. The lowest BCUT2D eigenvalue weighted by molar-refractivity contribution is -0.123. The van der Waals surface area contributed by atoms with Gasteiger partial charge < -0.3 is 20.3 Å². The van der Waals surface area contributed by atoms with Gasteiger partial charge in [-0.1, -0.05) is 42.5 Å². The normalized spacial score (nSPS) is 17.6. The second kappa shape index (κ2) is 10.9. The monoisotopic (exact) mass is 501 g/mol. The van der Waals surface area contributed by atoms with Crippen LogP contribution in [0.4, 0.5) is 17.5 Å². The molecule has 2 amide bonds. The average molecular weight is 502 g/mol. The van der Waals surface area contributed by atoms with Crippen molar-refractivity contribution in [1.82, 2.24) is 9.97 Å². The molecular formula is C28H31N5O4. The van der Waals surface area contributed by atoms with Crippen molar-refractivity contribution in [2.45, 2.75) is 38.5 Å². The number of fused-ring (bicyclic) bond motifs is 1. The number of H-pyrrole nitrogens is 1. The first-order chi connectivity index (χ1) is 18.0. The third kappa shape index (κ3) is 5.50. The number of anilines is 3. The number of piperidine rings is 1. The zero-order valence-corrected chi connectivity index (χ0v) is 20.8. The molecule has 3 heterocycles. The van der Waals surface area contributed by atoms with E-state index < -0.39 is 17.4 Å². The Morgan fingerprint density at radius 3 is 2.57 bits per heavy atom. The summed E-state index contributed by atoms with van der Waals surface area (Å²) >= 11 is 0. The lowest BCUT2D eigenvalue weighted by Gasteiger charge is -2.33. The second-order valence-electron chi connectivity index (χ2n) is 9.50. The fourth-order valence-corrected chi connectivity index (χ4v) is 5.10. The number of aromatic amines is 1. The van der Waals surface area contributed by atoms with E-state index in [9.17, 15) is 14.4 Å². The third-order valence-electron chi connectivity index (χ3n) is 6.98. The van der Waals surface area contributed by atoms with Crippen LogP contribution in [-0.2, 0) is 16.0 Å². The smallest absolute Gasteiger partial charge is 0.258 e. The predicted molar refractivity (Wildman–Crippen MR) is 142 cm³/mol. The topological polar surface area (TPSA) is 116 Å². The Bertz CT molecular complexity index is 1330. The molecule has 0 radical (unpaired) electrons. The molecule has 3 N–H and O–H groups in total. The minimum atomic E-state index is -0.958. The van der Waals surface area contributed by atoms with Crippen molar-refractivity contribution in [3.05, 3.63) is 76.1 Å². The van der Waals surface area contributed by atoms with Gasteiger partial charge in [0.15, 0.2) is 0 Å². The van der Waals surface area contributed by atoms with E-state index in [4.69, 9.17) is 4.74 Å². The standard InChI is InChI=1S/C28H31N5O4/c1-2-37-22-11-7-6-10-21(22)29-26(35)20-17-23(34)30-25-24(20)27(36)32-28(31-25)33-14-12-19(13-15-33)16-18-8-4-3-5-9-18/h3-11,19-20H,2,12-17H2,1H3,(H,29,35)(H2,30,31,32,34,36)/t20-/m0/s1. The van der Waals surface area contributed by atoms with E-state index in [1.165, 1.54) is 5.56 Å². The number of rotatable bonds is 7. The minimum Gasteiger partial charge on any atom is -0.492 e. The molecule has 5 rings (SSSR count). The molecule has 37 heavy (non-hydrogen) atoms. The van der Waals surface area contributed by atoms with Gasteiger partial charge in [-0.05, 0) is 49.8 Å². The molecule has 0 aliphatic carbocycles. The van der Waals surface area contributed by atoms with Crippen LogP contribution in [0.1, 0.15) is 43.2 Å². The molecule has 0 unspecified atom stereocenters. The highest BCUT2D eigenvalue weighted by Crippen LogP contribution is 2.32. The minimum absolute atomic E-state index is 0.134. The lowest BCUT2D eigenvalue weighted by atomic mass is 9.90. The molecule has 0 bridgehead atoms. The Balaban J connectivity index is 1.32. The molecule has 0 saturated carbocycles. The summed E-state index contributed by atoms with van der Waals surface area (Å²) in [6.07, 6.45) is 2.85. The van der Waals surface area contributed by atoms with Gasteiger partial charge in [-0.2, -0.15) is 4.98 Å². The van der Waals surface area contributed by atoms with Gasteiger partial charge in [-0.15, -0.1) is 0 Å². The van der Waals surface area contributed by atoms with Crippen molar-refractivity contribution in [2.75, 3.05) is 35.2 Å². The summed E-state index contributed by atoms with van der Waals surface area (Å²) in [5, 5.41) is 5.52. The van der Waals surface area contributed by atoms with Gasteiger partial charge >= 0.3 is 0 Å². The van der Waals surface area contributed by atoms with Crippen molar-refractivity contribution in [3.8, 4) is 5.75 Å². The molecular weight excluding hydrogens is 470 g/mol. The van der Waals surface area contributed by atoms with Crippen LogP contribution >= 0.6 is 0 Å². The molecule has 1 saturated heterocycles. The fourth-order valence-electron chi connectivity index (χ4n) is 5.10. The first kappa shape index (κ1) is 24.5. The maximum Gasteiger partial charge on any atom is 0.258 e. The number of aromatic nitrogens is 2. The molecule has 192 valence electrons. The molecule has 9 nitrogen and oxygen atoms in total. The highest BCUT2D eigenvalue weighted by Gasteiger charge is 2.35. The SMILES string of the molecule is CCOc1ccccc1NC(=O)[C@H]1CC(=O)Nc2nc(N3CCC(Cc4ccccc4)CC3)[nH]c(=O)c21. The number of hydrogen-bond donors (Lipinski definition) is 3. The fraction of sp³-hybridized carbons (Fsp3) is 0.357. The maximum absolute atomic E-state index is 13.2. The number of carbonyl (C=O) groups is 2. The number of nitrogens with zero attached hydrogens (tertiary/aromatic N) is 2. The Hall–Kier alpha value is -4.14. The van der Waals surface area contributed by atoms with Crippen LogP contribution < -0.4 is 25.8 Å². The zero-order valence-electron chi connectivity index (χ0n) is 20.8. The lowest BCUT2D eigenvalue weighted by Crippen LogP contribution is -2.40. The molecule has 2 aliphatic rings. The summed E-state index contributed by atoms with van der Waals surface area (Å²) in [5.41, 5.74) is 1.58. The molecule has 2 aliphatic heterocycles. The van der Waals surface area contributed by atoms with Crippen molar-refractivity contribution < 1.29 is 14.3 Å². The van der Waals surface area contributed by atoms with Crippen molar-refractivity contribution in [3.63, 3.8) is 0 Å². The Morgan fingerprint density at radius 1 is 1.08 bits per heavy atom. The van der Waals surface area contributed by atoms with Crippen LogP contribution in [0.5, 0.6) is 5.75 Å². The summed E-state index contributed by atoms with van der Waals surface area (Å²) in [7, 11) is 0. The van der Waals surface area contributed by atoms with E-state index in [1.807, 2.05) is 24.0 Å². The maximum atomic E-state index is 13.2. The quantitative estimate of drug-likeness (QED) is 0.455. The first-order valence-electron chi connectivity index (χ1n) is 12.8. The Labute approximate surface area is 215 Å². The number of carbonyl (C=O) groups excluding carboxylic acids is 2. The average Bonchev–Trinajstić information content (AvgIpc) is 2.90. The first-order valence-corrected chi connectivity index (χ1v) is 12.8. The zero-order chi connectivity index (χ0) is 25.8. The van der Waals surface area contributed by atoms with Crippen LogP contribution in [-0.4, -0.2) is 41.5 Å². The molecule has 1 aromatic heterocycles. The summed E-state index contributed by atoms with van der Waals surface area (Å²) in [6.45, 7) is 3.81. The Morgan fingerprint density at radius 2 is 1.81 bits per heavy atom. The van der Waals surface area contributed by atoms with Crippen LogP contribution in [0.25, 0.3) is 0 Å². The van der Waals surface area contributed by atoms with Crippen LogP contribution in [0, 0.1) is 5.92 Å². The number of nitrogens with one attached hydrogen (secondary N) is 3. The molecule has 0 spiro atoms. The Kier molecular flexibility index (Phi) is 7.20. The van der Waals surface area contributed by atoms with Crippen LogP contribution in [0.3, 0.4) is 0 Å². The van der Waals surface area contributed by atoms with Gasteiger partial charge in [0.1, 0.15) is 11.6 Å². The van der Waals surface area contributed by atoms with Gasteiger partial charge in [0.25, 0.3) is 5.56 Å². The van der Waals surface area contributed by atoms with Crippen molar-refractivity contribution in [1.29, 1.82) is 0 Å². The summed E-state index contributed by atoms with van der Waals surface area (Å²) < 4.78 is 5.58. The van der Waals surface area contributed by atoms with Crippen LogP contribution in [0.15, 0.2) is 59.4 Å². The van der Waals surface area contributed by atoms with E-state index in [-0.39, 0.29) is 23.7 Å². The molecule has 1 fully saturated rings.